The third-order valence-corrected chi connectivity index (χ3v) is 12.4. The van der Waals surface area contributed by atoms with Crippen LogP contribution in [0.3, 0.4) is 0 Å². The molecule has 0 saturated carbocycles. The second kappa shape index (κ2) is 51.0. The molecule has 0 heterocycles. The lowest BCUT2D eigenvalue weighted by molar-refractivity contribution is -0.327. The molecule has 0 aromatic heterocycles. The fraction of sp³-hybridized carbons (Fsp3) is 1.00. The summed E-state index contributed by atoms with van der Waals surface area (Å²) < 4.78 is 0. The fourth-order valence-corrected chi connectivity index (χ4v) is 8.49. The van der Waals surface area contributed by atoms with Gasteiger partial charge in [0, 0.05) is 6.54 Å². The van der Waals surface area contributed by atoms with Gasteiger partial charge in [0.1, 0.15) is 0 Å². The third kappa shape index (κ3) is 46.5. The minimum Gasteiger partial charge on any atom is -0.395 e. The maximum absolute atomic E-state index is 9.60. The Balaban J connectivity index is 3.74. The zero-order chi connectivity index (χ0) is 40.5. The zero-order valence-electron chi connectivity index (χ0n) is 39.2. The summed E-state index contributed by atoms with van der Waals surface area (Å²) in [4.78, 5) is 14.3. The Bertz CT molecular complexity index is 674. The Kier molecular flexibility index (Phi) is 50.8. The third-order valence-electron chi connectivity index (χ3n) is 12.4. The molecule has 0 bridgehead atoms. The molecule has 0 spiro atoms. The average Bonchev–Trinajstić information content (AvgIpc) is 3.20. The second-order valence-electron chi connectivity index (χ2n) is 18.1. The van der Waals surface area contributed by atoms with Crippen LogP contribution in [0.5, 0.6) is 0 Å². The zero-order valence-corrected chi connectivity index (χ0v) is 39.2. The number of hydrogen-bond donors (Lipinski definition) is 1. The van der Waals surface area contributed by atoms with Crippen molar-refractivity contribution >= 4 is 0 Å². The van der Waals surface area contributed by atoms with E-state index in [1.807, 2.05) is 0 Å². The van der Waals surface area contributed by atoms with Crippen LogP contribution < -0.4 is 0 Å². The summed E-state index contributed by atoms with van der Waals surface area (Å²) >= 11 is 0. The molecule has 0 radical (unpaired) electrons. The predicted octanol–water partition coefficient (Wildman–Crippen LogP) is 17.4. The van der Waals surface area contributed by atoms with Crippen molar-refractivity contribution in [2.45, 2.75) is 303 Å². The number of aliphatic hydroxyl groups excluding tert-OH is 1. The van der Waals surface area contributed by atoms with Gasteiger partial charge >= 0.3 is 0 Å². The highest BCUT2D eigenvalue weighted by atomic mass is 17.2. The van der Waals surface area contributed by atoms with E-state index in [1.54, 1.807) is 0 Å². The normalized spacial score (nSPS) is 12.4. The van der Waals surface area contributed by atoms with Crippen LogP contribution in [-0.4, -0.2) is 49.0 Å². The van der Waals surface area contributed by atoms with Crippen LogP contribution in [0.1, 0.15) is 297 Å². The molecule has 0 aliphatic rings. The molecule has 0 aliphatic carbocycles. The highest BCUT2D eigenvalue weighted by Crippen LogP contribution is 2.19. The van der Waals surface area contributed by atoms with Gasteiger partial charge in [-0.1, -0.05) is 265 Å². The molecule has 0 fully saturated rings. The van der Waals surface area contributed by atoms with Gasteiger partial charge < -0.3 is 10.0 Å². The fourth-order valence-electron chi connectivity index (χ4n) is 8.49. The van der Waals surface area contributed by atoms with E-state index < -0.39 is 0 Å². The summed E-state index contributed by atoms with van der Waals surface area (Å²) in [6.07, 6.45) is 59.3. The van der Waals surface area contributed by atoms with Gasteiger partial charge in [0.2, 0.25) is 0 Å². The van der Waals surface area contributed by atoms with E-state index in [4.69, 9.17) is 9.78 Å². The lowest BCUT2D eigenvalue weighted by Crippen LogP contribution is -2.29. The van der Waals surface area contributed by atoms with Gasteiger partial charge in [-0.3, -0.25) is 0 Å². The van der Waals surface area contributed by atoms with Gasteiger partial charge in [-0.2, -0.15) is 0 Å². The molecule has 0 saturated heterocycles. The SMILES string of the molecule is CCCCCCCCCCCCCCCCCCCCCCN(CCO)CCCCCCCCOOC(CCCCCCCCC)CCCCCCCCCC. The first kappa shape index (κ1) is 55.8. The van der Waals surface area contributed by atoms with E-state index in [0.717, 1.165) is 45.5 Å². The highest BCUT2D eigenvalue weighted by molar-refractivity contribution is 4.61. The molecule has 1 atom stereocenters. The maximum atomic E-state index is 9.60. The lowest BCUT2D eigenvalue weighted by atomic mass is 10.0. The summed E-state index contributed by atoms with van der Waals surface area (Å²) in [5, 5.41) is 9.60. The van der Waals surface area contributed by atoms with E-state index in [-0.39, 0.29) is 6.10 Å². The molecule has 56 heavy (non-hydrogen) atoms. The molecule has 0 rings (SSSR count). The van der Waals surface area contributed by atoms with Crippen molar-refractivity contribution in [3.05, 3.63) is 0 Å². The monoisotopic (exact) mass is 794 g/mol. The van der Waals surface area contributed by atoms with Crippen molar-refractivity contribution in [2.24, 2.45) is 0 Å². The Morgan fingerprint density at radius 3 is 0.893 bits per heavy atom. The van der Waals surface area contributed by atoms with E-state index in [2.05, 4.69) is 25.7 Å². The molecular formula is C52H107NO3. The first-order chi connectivity index (χ1) is 27.8. The van der Waals surface area contributed by atoms with Crippen molar-refractivity contribution in [1.29, 1.82) is 0 Å². The predicted molar refractivity (Wildman–Crippen MR) is 250 cm³/mol. The summed E-state index contributed by atoms with van der Waals surface area (Å²) in [5.74, 6) is 0. The molecule has 338 valence electrons. The van der Waals surface area contributed by atoms with Crippen LogP contribution >= 0.6 is 0 Å². The van der Waals surface area contributed by atoms with E-state index >= 15 is 0 Å². The van der Waals surface area contributed by atoms with Crippen molar-refractivity contribution in [3.63, 3.8) is 0 Å². The summed E-state index contributed by atoms with van der Waals surface area (Å²) in [6, 6.07) is 0. The van der Waals surface area contributed by atoms with Crippen LogP contribution in [-0.2, 0) is 9.78 Å². The molecule has 1 N–H and O–H groups in total. The molecule has 0 amide bonds. The number of nitrogens with zero attached hydrogens (tertiary/aromatic N) is 1. The quantitative estimate of drug-likeness (QED) is 0.0378. The molecular weight excluding hydrogens is 687 g/mol. The number of aliphatic hydroxyl groups is 1. The van der Waals surface area contributed by atoms with E-state index in [0.29, 0.717) is 6.61 Å². The average molecular weight is 794 g/mol. The van der Waals surface area contributed by atoms with Crippen molar-refractivity contribution in [1.82, 2.24) is 4.90 Å². The minimum absolute atomic E-state index is 0.288. The highest BCUT2D eigenvalue weighted by Gasteiger charge is 2.11. The van der Waals surface area contributed by atoms with E-state index in [1.165, 1.54) is 257 Å². The lowest BCUT2D eigenvalue weighted by Gasteiger charge is -2.21. The van der Waals surface area contributed by atoms with E-state index in [9.17, 15) is 5.11 Å². The topological polar surface area (TPSA) is 41.9 Å². The molecule has 0 aromatic rings. The van der Waals surface area contributed by atoms with Crippen molar-refractivity contribution < 1.29 is 14.9 Å². The van der Waals surface area contributed by atoms with Gasteiger partial charge in [0.25, 0.3) is 0 Å². The summed E-state index contributed by atoms with van der Waals surface area (Å²) in [5.41, 5.74) is 0. The van der Waals surface area contributed by atoms with Gasteiger partial charge in [0.15, 0.2) is 0 Å². The van der Waals surface area contributed by atoms with Gasteiger partial charge in [-0.25, -0.2) is 9.78 Å². The summed E-state index contributed by atoms with van der Waals surface area (Å²) in [7, 11) is 0. The minimum atomic E-state index is 0.288. The van der Waals surface area contributed by atoms with Crippen molar-refractivity contribution in [2.75, 3.05) is 32.8 Å². The maximum Gasteiger partial charge on any atom is 0.0930 e. The van der Waals surface area contributed by atoms with Gasteiger partial charge in [0.05, 0.1) is 19.3 Å². The van der Waals surface area contributed by atoms with Gasteiger partial charge in [-0.15, -0.1) is 0 Å². The van der Waals surface area contributed by atoms with Crippen molar-refractivity contribution in [3.8, 4) is 0 Å². The Hall–Kier alpha value is -0.160. The number of hydrogen-bond acceptors (Lipinski definition) is 4. The largest absolute Gasteiger partial charge is 0.395 e. The smallest absolute Gasteiger partial charge is 0.0930 e. The molecule has 0 aliphatic heterocycles. The van der Waals surface area contributed by atoms with Crippen LogP contribution in [0.2, 0.25) is 0 Å². The van der Waals surface area contributed by atoms with Gasteiger partial charge in [-0.05, 0) is 45.2 Å². The molecule has 0 aromatic carbocycles. The first-order valence-corrected chi connectivity index (χ1v) is 26.4. The van der Waals surface area contributed by atoms with Crippen LogP contribution in [0.15, 0.2) is 0 Å². The van der Waals surface area contributed by atoms with Crippen LogP contribution in [0, 0.1) is 0 Å². The Morgan fingerprint density at radius 2 is 0.589 bits per heavy atom. The first-order valence-electron chi connectivity index (χ1n) is 26.4. The second-order valence-corrected chi connectivity index (χ2v) is 18.1. The molecule has 1 unspecified atom stereocenters. The summed E-state index contributed by atoms with van der Waals surface area (Å²) in [6.45, 7) is 11.1. The van der Waals surface area contributed by atoms with Crippen LogP contribution in [0.4, 0.5) is 0 Å². The molecule has 4 heteroatoms. The standard InChI is InChI=1S/C52H107NO3/c1-4-7-10-13-16-18-19-20-21-22-23-24-25-26-27-28-29-32-37-42-47-53(49-50-54)48-43-38-33-34-39-44-51-55-56-52(45-40-35-30-15-12-9-6-3)46-41-36-31-17-14-11-8-5-2/h52,54H,4-51H2,1-3H3. The molecule has 4 nitrogen and oxygen atoms in total. The number of rotatable bonds is 51. The Morgan fingerprint density at radius 1 is 0.321 bits per heavy atom. The van der Waals surface area contributed by atoms with Crippen LogP contribution in [0.25, 0.3) is 0 Å². The Labute approximate surface area is 354 Å². The number of unbranched alkanes of at least 4 members (excludes halogenated alkanes) is 37.